The molecule has 0 bridgehead atoms. The zero-order chi connectivity index (χ0) is 23.6. The van der Waals surface area contributed by atoms with Gasteiger partial charge in [-0.15, -0.1) is 0 Å². The molecular weight excluding hydrogens is 459 g/mol. The van der Waals surface area contributed by atoms with Crippen molar-refractivity contribution in [3.8, 4) is 22.6 Å². The SMILES string of the molecule is CC(C)[C@@H](O)COc1c(-c2ccc(S(C)(=O)=O)cc2)cnn(-c2ccc(Cl)c(F)c2)c1=O. The standard InChI is InChI=1S/C22H22ClFN2O5S/c1-13(2)20(27)12-31-21-17(14-4-7-16(8-5-14)32(3,29)30)11-25-26(22(21)28)15-6-9-18(23)19(24)10-15/h4-11,13,20,27H,12H2,1-3H3/t20-/m0/s1. The molecule has 2 aromatic carbocycles. The molecule has 1 heterocycles. The fourth-order valence-electron chi connectivity index (χ4n) is 2.83. The van der Waals surface area contributed by atoms with Crippen LogP contribution in [0.4, 0.5) is 4.39 Å². The van der Waals surface area contributed by atoms with Gasteiger partial charge in [0.15, 0.2) is 15.6 Å². The number of aromatic nitrogens is 2. The highest BCUT2D eigenvalue weighted by molar-refractivity contribution is 7.90. The van der Waals surface area contributed by atoms with Crippen LogP contribution in [-0.2, 0) is 9.84 Å². The molecule has 0 unspecified atom stereocenters. The Morgan fingerprint density at radius 3 is 2.41 bits per heavy atom. The summed E-state index contributed by atoms with van der Waals surface area (Å²) in [6.45, 7) is 3.46. The molecule has 0 saturated heterocycles. The Labute approximate surface area is 190 Å². The largest absolute Gasteiger partial charge is 0.485 e. The highest BCUT2D eigenvalue weighted by Gasteiger charge is 2.19. The van der Waals surface area contributed by atoms with Crippen LogP contribution >= 0.6 is 11.6 Å². The van der Waals surface area contributed by atoms with Crippen LogP contribution in [0.15, 0.2) is 58.4 Å². The Hall–Kier alpha value is -2.75. The Bertz CT molecular complexity index is 1290. The molecule has 0 aliphatic carbocycles. The van der Waals surface area contributed by atoms with Crippen molar-refractivity contribution in [2.24, 2.45) is 5.92 Å². The summed E-state index contributed by atoms with van der Waals surface area (Å²) in [4.78, 5) is 13.3. The summed E-state index contributed by atoms with van der Waals surface area (Å²) < 4.78 is 44.1. The maximum absolute atomic E-state index is 13.9. The van der Waals surface area contributed by atoms with Crippen molar-refractivity contribution in [3.05, 3.63) is 69.9 Å². The monoisotopic (exact) mass is 480 g/mol. The fourth-order valence-corrected chi connectivity index (χ4v) is 3.57. The molecule has 0 saturated carbocycles. The van der Waals surface area contributed by atoms with E-state index >= 15 is 0 Å². The van der Waals surface area contributed by atoms with Crippen molar-refractivity contribution in [1.82, 2.24) is 9.78 Å². The van der Waals surface area contributed by atoms with Gasteiger partial charge in [0.05, 0.1) is 27.9 Å². The zero-order valence-corrected chi connectivity index (χ0v) is 19.2. The Balaban J connectivity index is 2.13. The van der Waals surface area contributed by atoms with Gasteiger partial charge in [-0.05, 0) is 35.7 Å². The fraction of sp³-hybridized carbons (Fsp3) is 0.273. The summed E-state index contributed by atoms with van der Waals surface area (Å²) in [5.41, 5.74) is 0.264. The normalized spacial score (nSPS) is 12.7. The molecule has 0 spiro atoms. The topological polar surface area (TPSA) is 98.5 Å². The molecule has 1 atom stereocenters. The third-order valence-electron chi connectivity index (χ3n) is 4.84. The third kappa shape index (κ3) is 5.17. The minimum Gasteiger partial charge on any atom is -0.485 e. The van der Waals surface area contributed by atoms with E-state index in [2.05, 4.69) is 5.10 Å². The number of rotatable bonds is 7. The Kier molecular flexibility index (Phi) is 7.02. The molecule has 170 valence electrons. The second kappa shape index (κ2) is 9.40. The first-order valence-corrected chi connectivity index (χ1v) is 11.9. The van der Waals surface area contributed by atoms with E-state index in [1.807, 2.05) is 0 Å². The molecule has 0 amide bonds. The highest BCUT2D eigenvalue weighted by Crippen LogP contribution is 2.28. The summed E-state index contributed by atoms with van der Waals surface area (Å²) in [7, 11) is -3.39. The number of halogens is 2. The third-order valence-corrected chi connectivity index (χ3v) is 6.28. The lowest BCUT2D eigenvalue weighted by Crippen LogP contribution is -2.28. The molecule has 3 rings (SSSR count). The first kappa shape index (κ1) is 23.9. The van der Waals surface area contributed by atoms with Crippen LogP contribution < -0.4 is 10.3 Å². The van der Waals surface area contributed by atoms with Crippen LogP contribution in [0.3, 0.4) is 0 Å². The lowest BCUT2D eigenvalue weighted by molar-refractivity contribution is 0.0695. The molecule has 0 fully saturated rings. The first-order chi connectivity index (χ1) is 15.0. The van der Waals surface area contributed by atoms with Gasteiger partial charge in [-0.3, -0.25) is 4.79 Å². The van der Waals surface area contributed by atoms with Crippen molar-refractivity contribution in [2.45, 2.75) is 24.8 Å². The number of aliphatic hydroxyl groups excluding tert-OH is 1. The van der Waals surface area contributed by atoms with E-state index in [9.17, 15) is 22.7 Å². The van der Waals surface area contributed by atoms with Crippen molar-refractivity contribution in [2.75, 3.05) is 12.9 Å². The number of sulfone groups is 1. The number of aliphatic hydroxyl groups is 1. The maximum Gasteiger partial charge on any atom is 0.314 e. The number of benzene rings is 2. The average Bonchev–Trinajstić information content (AvgIpc) is 2.74. The van der Waals surface area contributed by atoms with Crippen molar-refractivity contribution in [1.29, 1.82) is 0 Å². The maximum atomic E-state index is 13.9. The van der Waals surface area contributed by atoms with Gasteiger partial charge in [-0.2, -0.15) is 9.78 Å². The Morgan fingerprint density at radius 2 is 1.84 bits per heavy atom. The number of nitrogens with zero attached hydrogens (tertiary/aromatic N) is 2. The molecular formula is C22H22ClFN2O5S. The van der Waals surface area contributed by atoms with Crippen LogP contribution in [0.5, 0.6) is 5.75 Å². The van der Waals surface area contributed by atoms with E-state index < -0.39 is 27.3 Å². The summed E-state index contributed by atoms with van der Waals surface area (Å²) in [5, 5.41) is 14.2. The lowest BCUT2D eigenvalue weighted by Gasteiger charge is -2.18. The van der Waals surface area contributed by atoms with E-state index in [-0.39, 0.29) is 33.9 Å². The smallest absolute Gasteiger partial charge is 0.314 e. The van der Waals surface area contributed by atoms with Crippen LogP contribution in [0, 0.1) is 11.7 Å². The lowest BCUT2D eigenvalue weighted by atomic mass is 10.1. The van der Waals surface area contributed by atoms with Gasteiger partial charge >= 0.3 is 5.56 Å². The molecule has 10 heteroatoms. The van der Waals surface area contributed by atoms with Gasteiger partial charge in [0, 0.05) is 17.9 Å². The van der Waals surface area contributed by atoms with Gasteiger partial charge in [-0.1, -0.05) is 37.6 Å². The van der Waals surface area contributed by atoms with Crippen LogP contribution in [-0.4, -0.2) is 42.3 Å². The zero-order valence-electron chi connectivity index (χ0n) is 17.6. The molecule has 3 aromatic rings. The van der Waals surface area contributed by atoms with Crippen molar-refractivity contribution in [3.63, 3.8) is 0 Å². The van der Waals surface area contributed by atoms with Gasteiger partial charge in [-0.25, -0.2) is 12.8 Å². The number of hydrogen-bond donors (Lipinski definition) is 1. The summed E-state index contributed by atoms with van der Waals surface area (Å²) in [6, 6.07) is 9.71. The quantitative estimate of drug-likeness (QED) is 0.555. The molecule has 0 radical (unpaired) electrons. The summed E-state index contributed by atoms with van der Waals surface area (Å²) in [6.07, 6.45) is 1.63. The second-order valence-electron chi connectivity index (χ2n) is 7.62. The van der Waals surface area contributed by atoms with E-state index in [1.165, 1.54) is 42.6 Å². The van der Waals surface area contributed by atoms with E-state index in [0.29, 0.717) is 11.1 Å². The summed E-state index contributed by atoms with van der Waals surface area (Å²) >= 11 is 5.73. The summed E-state index contributed by atoms with van der Waals surface area (Å²) in [5.74, 6) is -0.930. The minimum atomic E-state index is -3.39. The molecule has 1 aromatic heterocycles. The van der Waals surface area contributed by atoms with Gasteiger partial charge < -0.3 is 9.84 Å². The average molecular weight is 481 g/mol. The molecule has 0 aliphatic heterocycles. The van der Waals surface area contributed by atoms with Gasteiger partial charge in [0.2, 0.25) is 0 Å². The van der Waals surface area contributed by atoms with E-state index in [4.69, 9.17) is 16.3 Å². The molecule has 32 heavy (non-hydrogen) atoms. The van der Waals surface area contributed by atoms with E-state index in [1.54, 1.807) is 13.8 Å². The van der Waals surface area contributed by atoms with Crippen LogP contribution in [0.2, 0.25) is 5.02 Å². The predicted octanol–water partition coefficient (Wildman–Crippen LogP) is 3.49. The van der Waals surface area contributed by atoms with Crippen molar-refractivity contribution >= 4 is 21.4 Å². The molecule has 0 aliphatic rings. The molecule has 1 N–H and O–H groups in total. The number of ether oxygens (including phenoxy) is 1. The van der Waals surface area contributed by atoms with Crippen LogP contribution in [0.25, 0.3) is 16.8 Å². The van der Waals surface area contributed by atoms with E-state index in [0.717, 1.165) is 17.0 Å². The van der Waals surface area contributed by atoms with Crippen molar-refractivity contribution < 1.29 is 22.7 Å². The predicted molar refractivity (Wildman–Crippen MR) is 120 cm³/mol. The van der Waals surface area contributed by atoms with Gasteiger partial charge in [0.25, 0.3) is 0 Å². The second-order valence-corrected chi connectivity index (χ2v) is 10.0. The van der Waals surface area contributed by atoms with Crippen LogP contribution in [0.1, 0.15) is 13.8 Å². The first-order valence-electron chi connectivity index (χ1n) is 9.68. The number of hydrogen-bond acceptors (Lipinski definition) is 6. The van der Waals surface area contributed by atoms with Gasteiger partial charge in [0.1, 0.15) is 12.4 Å². The Morgan fingerprint density at radius 1 is 1.19 bits per heavy atom. The highest BCUT2D eigenvalue weighted by atomic mass is 35.5. The molecule has 7 nitrogen and oxygen atoms in total. The minimum absolute atomic E-state index is 0.0964.